The van der Waals surface area contributed by atoms with Crippen molar-refractivity contribution in [2.45, 2.75) is 17.7 Å². The van der Waals surface area contributed by atoms with Gasteiger partial charge in [-0.2, -0.15) is 0 Å². The molecule has 0 amide bonds. The summed E-state index contributed by atoms with van der Waals surface area (Å²) in [5, 5.41) is 3.28. The first-order valence-electron chi connectivity index (χ1n) is 6.86. The van der Waals surface area contributed by atoms with E-state index in [9.17, 15) is 8.42 Å². The smallest absolute Gasteiger partial charge is 0.265 e. The van der Waals surface area contributed by atoms with E-state index >= 15 is 0 Å². The van der Waals surface area contributed by atoms with Gasteiger partial charge in [-0.3, -0.25) is 4.31 Å². The van der Waals surface area contributed by atoms with Gasteiger partial charge in [0.15, 0.2) is 0 Å². The van der Waals surface area contributed by atoms with Crippen molar-refractivity contribution in [3.05, 3.63) is 48.2 Å². The summed E-state index contributed by atoms with van der Waals surface area (Å²) in [7, 11) is -2.06. The normalized spacial score (nSPS) is 14.1. The molecule has 0 saturated carbocycles. The van der Waals surface area contributed by atoms with Crippen LogP contribution in [0.3, 0.4) is 0 Å². The van der Waals surface area contributed by atoms with Crippen molar-refractivity contribution in [2.24, 2.45) is 0 Å². The number of aryl methyl sites for hydroxylation is 1. The summed E-state index contributed by atoms with van der Waals surface area (Å²) in [4.78, 5) is 4.40. The average molecular weight is 303 g/mol. The SMILES string of the molecule is CN(c1ccccn1)S(=O)(=O)c1ccc2c(c1)CCCN2. The summed E-state index contributed by atoms with van der Waals surface area (Å²) in [6.07, 6.45) is 3.50. The molecule has 2 aromatic rings. The Kier molecular flexibility index (Phi) is 3.55. The van der Waals surface area contributed by atoms with Crippen LogP contribution in [0.25, 0.3) is 0 Å². The van der Waals surface area contributed by atoms with Crippen molar-refractivity contribution in [3.8, 4) is 0 Å². The molecule has 0 saturated heterocycles. The molecule has 0 unspecified atom stereocenters. The topological polar surface area (TPSA) is 62.3 Å². The molecule has 0 aliphatic carbocycles. The highest BCUT2D eigenvalue weighted by atomic mass is 32.2. The van der Waals surface area contributed by atoms with Crippen molar-refractivity contribution in [1.82, 2.24) is 4.98 Å². The number of aromatic nitrogens is 1. The minimum absolute atomic E-state index is 0.304. The minimum atomic E-state index is -3.58. The van der Waals surface area contributed by atoms with Crippen molar-refractivity contribution in [3.63, 3.8) is 0 Å². The highest BCUT2D eigenvalue weighted by Gasteiger charge is 2.23. The maximum Gasteiger partial charge on any atom is 0.265 e. The van der Waals surface area contributed by atoms with E-state index in [1.807, 2.05) is 6.07 Å². The molecule has 0 fully saturated rings. The first kappa shape index (κ1) is 13.9. The van der Waals surface area contributed by atoms with Gasteiger partial charge in [0.05, 0.1) is 4.90 Å². The summed E-state index contributed by atoms with van der Waals surface area (Å²) in [5.41, 5.74) is 2.08. The van der Waals surface area contributed by atoms with Gasteiger partial charge < -0.3 is 5.32 Å². The van der Waals surface area contributed by atoms with E-state index in [1.165, 1.54) is 11.4 Å². The van der Waals surface area contributed by atoms with Gasteiger partial charge in [0.1, 0.15) is 5.82 Å². The zero-order valence-electron chi connectivity index (χ0n) is 11.8. The second-order valence-corrected chi connectivity index (χ2v) is 6.98. The third kappa shape index (κ3) is 2.58. The van der Waals surface area contributed by atoms with Crippen LogP contribution in [0.15, 0.2) is 47.5 Å². The maximum absolute atomic E-state index is 12.7. The van der Waals surface area contributed by atoms with Crippen LogP contribution >= 0.6 is 0 Å². The highest BCUT2D eigenvalue weighted by molar-refractivity contribution is 7.92. The Bertz CT molecular complexity index is 745. The van der Waals surface area contributed by atoms with Crippen LogP contribution in [0.1, 0.15) is 12.0 Å². The number of rotatable bonds is 3. The molecule has 21 heavy (non-hydrogen) atoms. The molecule has 3 rings (SSSR count). The van der Waals surface area contributed by atoms with Gasteiger partial charge in [-0.1, -0.05) is 6.07 Å². The Hall–Kier alpha value is -2.08. The molecule has 1 aliphatic heterocycles. The van der Waals surface area contributed by atoms with Crippen LogP contribution in [0.5, 0.6) is 0 Å². The number of benzene rings is 1. The van der Waals surface area contributed by atoms with Gasteiger partial charge in [-0.25, -0.2) is 13.4 Å². The highest BCUT2D eigenvalue weighted by Crippen LogP contribution is 2.27. The van der Waals surface area contributed by atoms with Crippen LogP contribution in [0, 0.1) is 0 Å². The van der Waals surface area contributed by atoms with E-state index in [-0.39, 0.29) is 0 Å². The number of nitrogens with one attached hydrogen (secondary N) is 1. The summed E-state index contributed by atoms with van der Waals surface area (Å²) in [6, 6.07) is 10.5. The van der Waals surface area contributed by atoms with Crippen molar-refractivity contribution < 1.29 is 8.42 Å². The lowest BCUT2D eigenvalue weighted by molar-refractivity contribution is 0.593. The monoisotopic (exact) mass is 303 g/mol. The molecule has 1 aliphatic rings. The van der Waals surface area contributed by atoms with Gasteiger partial charge in [0, 0.05) is 25.5 Å². The molecule has 1 aromatic heterocycles. The van der Waals surface area contributed by atoms with E-state index in [0.717, 1.165) is 30.6 Å². The van der Waals surface area contributed by atoms with Crippen LogP contribution in [0.2, 0.25) is 0 Å². The van der Waals surface area contributed by atoms with Crippen molar-refractivity contribution in [2.75, 3.05) is 23.2 Å². The van der Waals surface area contributed by atoms with Crippen molar-refractivity contribution >= 4 is 21.5 Å². The molecule has 2 heterocycles. The van der Waals surface area contributed by atoms with Gasteiger partial charge in [-0.05, 0) is 48.7 Å². The summed E-state index contributed by atoms with van der Waals surface area (Å²) in [6.45, 7) is 0.937. The van der Waals surface area contributed by atoms with Gasteiger partial charge in [-0.15, -0.1) is 0 Å². The van der Waals surface area contributed by atoms with E-state index in [0.29, 0.717) is 10.7 Å². The van der Waals surface area contributed by atoms with Gasteiger partial charge in [0.25, 0.3) is 10.0 Å². The Morgan fingerprint density at radius 3 is 2.86 bits per heavy atom. The van der Waals surface area contributed by atoms with Crippen LogP contribution < -0.4 is 9.62 Å². The van der Waals surface area contributed by atoms with E-state index in [2.05, 4.69) is 10.3 Å². The first-order chi connectivity index (χ1) is 10.1. The Morgan fingerprint density at radius 2 is 2.10 bits per heavy atom. The van der Waals surface area contributed by atoms with Crippen LogP contribution in [-0.2, 0) is 16.4 Å². The molecule has 110 valence electrons. The molecule has 0 atom stereocenters. The molecule has 0 spiro atoms. The number of sulfonamides is 1. The number of fused-ring (bicyclic) bond motifs is 1. The number of hydrogen-bond donors (Lipinski definition) is 1. The Morgan fingerprint density at radius 1 is 1.24 bits per heavy atom. The molecule has 1 aromatic carbocycles. The van der Waals surface area contributed by atoms with Gasteiger partial charge >= 0.3 is 0 Å². The number of anilines is 2. The lowest BCUT2D eigenvalue weighted by atomic mass is 10.0. The molecule has 0 radical (unpaired) electrons. The lowest BCUT2D eigenvalue weighted by Crippen LogP contribution is -2.27. The average Bonchev–Trinajstić information content (AvgIpc) is 2.54. The van der Waals surface area contributed by atoms with Crippen LogP contribution in [0.4, 0.5) is 11.5 Å². The fraction of sp³-hybridized carbons (Fsp3) is 0.267. The summed E-state index contributed by atoms with van der Waals surface area (Å²) < 4.78 is 26.6. The molecule has 6 heteroatoms. The third-order valence-electron chi connectivity index (χ3n) is 3.65. The molecular formula is C15H17N3O2S. The fourth-order valence-electron chi connectivity index (χ4n) is 2.43. The summed E-state index contributed by atoms with van der Waals surface area (Å²) in [5.74, 6) is 0.411. The Balaban J connectivity index is 1.98. The quantitative estimate of drug-likeness (QED) is 0.945. The van der Waals surface area contributed by atoms with Crippen LogP contribution in [-0.4, -0.2) is 27.0 Å². The largest absolute Gasteiger partial charge is 0.385 e. The second-order valence-electron chi connectivity index (χ2n) is 5.01. The number of hydrogen-bond acceptors (Lipinski definition) is 4. The van der Waals surface area contributed by atoms with E-state index in [4.69, 9.17) is 0 Å². The molecule has 5 nitrogen and oxygen atoms in total. The maximum atomic E-state index is 12.7. The van der Waals surface area contributed by atoms with E-state index in [1.54, 1.807) is 36.5 Å². The number of pyridine rings is 1. The zero-order valence-corrected chi connectivity index (χ0v) is 12.6. The predicted molar refractivity (Wildman–Crippen MR) is 83.1 cm³/mol. The fourth-order valence-corrected chi connectivity index (χ4v) is 3.63. The first-order valence-corrected chi connectivity index (χ1v) is 8.30. The third-order valence-corrected chi connectivity index (χ3v) is 5.40. The van der Waals surface area contributed by atoms with Crippen molar-refractivity contribution in [1.29, 1.82) is 0 Å². The molecule has 1 N–H and O–H groups in total. The molecular weight excluding hydrogens is 286 g/mol. The van der Waals surface area contributed by atoms with Gasteiger partial charge in [0.2, 0.25) is 0 Å². The Labute approximate surface area is 124 Å². The molecule has 0 bridgehead atoms. The zero-order chi connectivity index (χ0) is 14.9. The lowest BCUT2D eigenvalue weighted by Gasteiger charge is -2.21. The van der Waals surface area contributed by atoms with E-state index < -0.39 is 10.0 Å². The second kappa shape index (κ2) is 5.37. The minimum Gasteiger partial charge on any atom is -0.385 e. The predicted octanol–water partition coefficient (Wildman–Crippen LogP) is 2.26. The number of nitrogens with zero attached hydrogens (tertiary/aromatic N) is 2. The summed E-state index contributed by atoms with van der Waals surface area (Å²) >= 11 is 0. The standard InChI is InChI=1S/C15H17N3O2S/c1-18(15-6-2-3-9-17-15)21(19,20)13-7-8-14-12(11-13)5-4-10-16-14/h2-3,6-9,11,16H,4-5,10H2,1H3.